The fraction of sp³-hybridized carbons (Fsp3) is 0.219. The molecule has 43 heavy (non-hydrogen) atoms. The summed E-state index contributed by atoms with van der Waals surface area (Å²) in [6, 6.07) is 18.8. The molecule has 0 saturated carbocycles. The molecule has 2 aliphatic heterocycles. The van der Waals surface area contributed by atoms with Crippen molar-refractivity contribution >= 4 is 51.6 Å². The SMILES string of the molecule is COC(=O)c1ccc(C2C(=C(O)c3ccc4c(c3)CC(C)O4)C(=O)C(=O)N2c2nnc(SCc3ccc(C)cc3)s2)cc1. The number of benzene rings is 3. The predicted molar refractivity (Wildman–Crippen MR) is 163 cm³/mol. The van der Waals surface area contributed by atoms with E-state index in [2.05, 4.69) is 10.2 Å². The van der Waals surface area contributed by atoms with Crippen LogP contribution in [0.3, 0.4) is 0 Å². The third-order valence-corrected chi connectivity index (χ3v) is 9.47. The molecule has 2 unspecified atom stereocenters. The molecule has 3 aromatic carbocycles. The Kier molecular flexibility index (Phi) is 7.76. The van der Waals surface area contributed by atoms with Gasteiger partial charge in [-0.25, -0.2) is 4.79 Å². The minimum Gasteiger partial charge on any atom is -0.507 e. The van der Waals surface area contributed by atoms with E-state index in [1.165, 1.54) is 40.7 Å². The van der Waals surface area contributed by atoms with Crippen LogP contribution in [-0.2, 0) is 26.5 Å². The second kappa shape index (κ2) is 11.7. The molecule has 0 bridgehead atoms. The van der Waals surface area contributed by atoms with Crippen LogP contribution in [0.2, 0.25) is 0 Å². The molecule has 0 spiro atoms. The molecule has 6 rings (SSSR count). The van der Waals surface area contributed by atoms with Crippen LogP contribution in [0.4, 0.5) is 5.13 Å². The summed E-state index contributed by atoms with van der Waals surface area (Å²) in [6.07, 6.45) is 0.665. The van der Waals surface area contributed by atoms with Gasteiger partial charge in [-0.3, -0.25) is 14.5 Å². The number of amides is 1. The van der Waals surface area contributed by atoms with E-state index in [4.69, 9.17) is 9.47 Å². The number of hydrogen-bond acceptors (Lipinski definition) is 10. The van der Waals surface area contributed by atoms with Crippen molar-refractivity contribution < 1.29 is 29.0 Å². The Balaban J connectivity index is 1.39. The van der Waals surface area contributed by atoms with E-state index in [-0.39, 0.29) is 22.6 Å². The first kappa shape index (κ1) is 28.6. The molecule has 2 atom stereocenters. The highest BCUT2D eigenvalue weighted by Gasteiger charge is 2.48. The summed E-state index contributed by atoms with van der Waals surface area (Å²) in [5.74, 6) is -1.10. The van der Waals surface area contributed by atoms with E-state index in [9.17, 15) is 19.5 Å². The van der Waals surface area contributed by atoms with Crippen molar-refractivity contribution in [1.29, 1.82) is 0 Å². The van der Waals surface area contributed by atoms with E-state index in [1.807, 2.05) is 38.1 Å². The predicted octanol–water partition coefficient (Wildman–Crippen LogP) is 5.88. The first-order valence-corrected chi connectivity index (χ1v) is 15.3. The number of aliphatic hydroxyl groups excluding tert-OH is 1. The second-order valence-electron chi connectivity index (χ2n) is 10.4. The van der Waals surface area contributed by atoms with Crippen LogP contribution in [-0.4, -0.2) is 46.2 Å². The first-order valence-electron chi connectivity index (χ1n) is 13.5. The van der Waals surface area contributed by atoms with Gasteiger partial charge in [0.2, 0.25) is 5.13 Å². The van der Waals surface area contributed by atoms with Crippen LogP contribution in [0.25, 0.3) is 5.76 Å². The number of aliphatic hydroxyl groups is 1. The standard InChI is InChI=1S/C32H27N3O6S2/c1-17-4-6-19(7-5-17)16-42-32-34-33-31(43-32)35-26(20-8-10-21(11-9-20)30(39)40-3)25(28(37)29(35)38)27(36)22-12-13-24-23(15-22)14-18(2)41-24/h4-13,15,18,26,36H,14,16H2,1-3H3. The molecule has 3 heterocycles. The average molecular weight is 614 g/mol. The number of hydrogen-bond donors (Lipinski definition) is 1. The highest BCUT2D eigenvalue weighted by Crippen LogP contribution is 2.44. The zero-order valence-corrected chi connectivity index (χ0v) is 25.2. The number of rotatable bonds is 7. The van der Waals surface area contributed by atoms with Crippen molar-refractivity contribution in [3.05, 3.63) is 106 Å². The minimum absolute atomic E-state index is 0.00165. The van der Waals surface area contributed by atoms with Gasteiger partial charge in [0, 0.05) is 17.7 Å². The number of nitrogens with zero attached hydrogens (tertiary/aromatic N) is 3. The monoisotopic (exact) mass is 613 g/mol. The van der Waals surface area contributed by atoms with Gasteiger partial charge in [0.1, 0.15) is 17.6 Å². The number of aryl methyl sites for hydroxylation is 1. The molecule has 11 heteroatoms. The average Bonchev–Trinajstić information content (AvgIpc) is 3.71. The van der Waals surface area contributed by atoms with Crippen molar-refractivity contribution in [1.82, 2.24) is 10.2 Å². The fourth-order valence-corrected chi connectivity index (χ4v) is 7.00. The van der Waals surface area contributed by atoms with Crippen molar-refractivity contribution in [2.24, 2.45) is 0 Å². The Labute approximate surface area is 256 Å². The highest BCUT2D eigenvalue weighted by atomic mass is 32.2. The zero-order valence-electron chi connectivity index (χ0n) is 23.6. The molecular weight excluding hydrogens is 587 g/mol. The number of anilines is 1. The molecule has 1 aromatic heterocycles. The number of Topliss-reactive ketones (excluding diaryl/α,β-unsaturated/α-hetero) is 1. The lowest BCUT2D eigenvalue weighted by Crippen LogP contribution is -2.29. The minimum atomic E-state index is -1.00. The Bertz CT molecular complexity index is 1760. The normalized spacial score (nSPS) is 18.9. The van der Waals surface area contributed by atoms with Crippen LogP contribution in [0.15, 0.2) is 76.6 Å². The van der Waals surface area contributed by atoms with Gasteiger partial charge in [0.25, 0.3) is 5.78 Å². The van der Waals surface area contributed by atoms with Crippen molar-refractivity contribution in [3.8, 4) is 5.75 Å². The van der Waals surface area contributed by atoms with Gasteiger partial charge in [-0.05, 0) is 60.9 Å². The third-order valence-electron chi connectivity index (χ3n) is 7.35. The molecule has 2 aliphatic rings. The summed E-state index contributed by atoms with van der Waals surface area (Å²) in [5, 5.41) is 20.3. The quantitative estimate of drug-likeness (QED) is 0.0681. The summed E-state index contributed by atoms with van der Waals surface area (Å²) in [6.45, 7) is 3.99. The molecule has 9 nitrogen and oxygen atoms in total. The van der Waals surface area contributed by atoms with Crippen LogP contribution in [0.1, 0.15) is 51.1 Å². The van der Waals surface area contributed by atoms with E-state index in [0.29, 0.717) is 33.2 Å². The zero-order chi connectivity index (χ0) is 30.2. The molecule has 0 radical (unpaired) electrons. The number of ketones is 1. The van der Waals surface area contributed by atoms with Crippen LogP contribution in [0, 0.1) is 6.92 Å². The summed E-state index contributed by atoms with van der Waals surface area (Å²) in [7, 11) is 1.29. The first-order chi connectivity index (χ1) is 20.7. The highest BCUT2D eigenvalue weighted by molar-refractivity contribution is 8.00. The fourth-order valence-electron chi connectivity index (χ4n) is 5.18. The number of methoxy groups -OCH3 is 1. The van der Waals surface area contributed by atoms with Crippen LogP contribution >= 0.6 is 23.1 Å². The second-order valence-corrected chi connectivity index (χ2v) is 12.5. The van der Waals surface area contributed by atoms with E-state index in [1.54, 1.807) is 42.5 Å². The van der Waals surface area contributed by atoms with E-state index < -0.39 is 23.7 Å². The summed E-state index contributed by atoms with van der Waals surface area (Å²) < 4.78 is 11.2. The van der Waals surface area contributed by atoms with Crippen molar-refractivity contribution in [2.75, 3.05) is 12.0 Å². The molecule has 0 aliphatic carbocycles. The third kappa shape index (κ3) is 5.53. The Morgan fingerprint density at radius 1 is 1.07 bits per heavy atom. The molecule has 1 N–H and O–H groups in total. The van der Waals surface area contributed by atoms with Crippen LogP contribution < -0.4 is 9.64 Å². The Morgan fingerprint density at radius 2 is 1.79 bits per heavy atom. The van der Waals surface area contributed by atoms with Gasteiger partial charge < -0.3 is 14.6 Å². The smallest absolute Gasteiger partial charge is 0.337 e. The summed E-state index contributed by atoms with van der Waals surface area (Å²) in [4.78, 5) is 40.5. The number of thioether (sulfide) groups is 1. The van der Waals surface area contributed by atoms with Gasteiger partial charge in [-0.15, -0.1) is 10.2 Å². The number of aromatic nitrogens is 2. The maximum atomic E-state index is 13.6. The van der Waals surface area contributed by atoms with Gasteiger partial charge in [0.05, 0.1) is 24.3 Å². The molecule has 218 valence electrons. The molecule has 1 saturated heterocycles. The lowest BCUT2D eigenvalue weighted by atomic mass is 9.94. The lowest BCUT2D eigenvalue weighted by Gasteiger charge is -2.22. The molecular formula is C32H27N3O6S2. The maximum absolute atomic E-state index is 13.6. The summed E-state index contributed by atoms with van der Waals surface area (Å²) in [5.41, 5.74) is 4.34. The number of carbonyl (C=O) groups excluding carboxylic acids is 3. The number of esters is 1. The lowest BCUT2D eigenvalue weighted by molar-refractivity contribution is -0.132. The Hall–Kier alpha value is -4.48. The Morgan fingerprint density at radius 3 is 2.51 bits per heavy atom. The van der Waals surface area contributed by atoms with Crippen LogP contribution in [0.5, 0.6) is 5.75 Å². The van der Waals surface area contributed by atoms with Gasteiger partial charge in [0.15, 0.2) is 4.34 Å². The van der Waals surface area contributed by atoms with Gasteiger partial charge in [-0.2, -0.15) is 0 Å². The molecule has 1 amide bonds. The largest absolute Gasteiger partial charge is 0.507 e. The number of ether oxygens (including phenoxy) is 2. The number of carbonyl (C=O) groups is 3. The van der Waals surface area contributed by atoms with E-state index >= 15 is 0 Å². The van der Waals surface area contributed by atoms with Gasteiger partial charge >= 0.3 is 11.9 Å². The maximum Gasteiger partial charge on any atom is 0.337 e. The van der Waals surface area contributed by atoms with Gasteiger partial charge in [-0.1, -0.05) is 65.1 Å². The number of fused-ring (bicyclic) bond motifs is 1. The topological polar surface area (TPSA) is 119 Å². The van der Waals surface area contributed by atoms with E-state index in [0.717, 1.165) is 16.9 Å². The molecule has 1 fully saturated rings. The summed E-state index contributed by atoms with van der Waals surface area (Å²) >= 11 is 2.67. The molecule has 4 aromatic rings. The van der Waals surface area contributed by atoms with Crippen molar-refractivity contribution in [2.45, 2.75) is 42.5 Å². The van der Waals surface area contributed by atoms with Crippen molar-refractivity contribution in [3.63, 3.8) is 0 Å².